The zero-order valence-corrected chi connectivity index (χ0v) is 17.1. The first kappa shape index (κ1) is 21.2. The maximum Gasteiger partial charge on any atom is 0.289 e. The quantitative estimate of drug-likeness (QED) is 0.525. The predicted octanol–water partition coefficient (Wildman–Crippen LogP) is 3.60. The number of nitro benzene ring substituents is 1. The van der Waals surface area contributed by atoms with Crippen LogP contribution in [0.5, 0.6) is 0 Å². The van der Waals surface area contributed by atoms with Gasteiger partial charge in [0, 0.05) is 31.3 Å². The van der Waals surface area contributed by atoms with E-state index in [-0.39, 0.29) is 33.6 Å². The fraction of sp³-hybridized carbons (Fsp3) is 0.316. The molecule has 0 aliphatic carbocycles. The van der Waals surface area contributed by atoms with E-state index in [1.165, 1.54) is 22.5 Å². The number of anilines is 1. The van der Waals surface area contributed by atoms with Crippen LogP contribution in [0.3, 0.4) is 0 Å². The molecule has 1 amide bonds. The van der Waals surface area contributed by atoms with Crippen LogP contribution in [-0.2, 0) is 21.2 Å². The fourth-order valence-electron chi connectivity index (χ4n) is 3.12. The first-order chi connectivity index (χ1) is 13.8. The maximum atomic E-state index is 12.5. The normalized spacial score (nSPS) is 14.7. The van der Waals surface area contributed by atoms with Crippen LogP contribution in [0.25, 0.3) is 0 Å². The molecular weight excluding hydrogens is 418 g/mol. The average Bonchev–Trinajstić information content (AvgIpc) is 3.24. The third-order valence-corrected chi connectivity index (χ3v) is 6.93. The molecule has 8 nitrogen and oxygen atoms in total. The molecule has 0 saturated carbocycles. The van der Waals surface area contributed by atoms with Crippen LogP contribution in [0.2, 0.25) is 5.02 Å². The fourth-order valence-corrected chi connectivity index (χ4v) is 4.82. The van der Waals surface area contributed by atoms with Crippen molar-refractivity contribution in [2.75, 3.05) is 18.4 Å². The van der Waals surface area contributed by atoms with Gasteiger partial charge in [-0.2, -0.15) is 4.31 Å². The molecule has 10 heteroatoms. The van der Waals surface area contributed by atoms with Crippen LogP contribution >= 0.6 is 11.6 Å². The lowest BCUT2D eigenvalue weighted by molar-refractivity contribution is -0.384. The van der Waals surface area contributed by atoms with Gasteiger partial charge in [0.05, 0.1) is 9.82 Å². The van der Waals surface area contributed by atoms with Gasteiger partial charge in [-0.25, -0.2) is 8.42 Å². The lowest BCUT2D eigenvalue weighted by Gasteiger charge is -2.15. The molecule has 154 valence electrons. The second-order valence-corrected chi connectivity index (χ2v) is 9.07. The third kappa shape index (κ3) is 5.11. The molecule has 0 aromatic heterocycles. The Morgan fingerprint density at radius 2 is 1.79 bits per heavy atom. The van der Waals surface area contributed by atoms with E-state index in [0.717, 1.165) is 18.4 Å². The highest BCUT2D eigenvalue weighted by Gasteiger charge is 2.26. The number of nitrogens with one attached hydrogen (secondary N) is 1. The van der Waals surface area contributed by atoms with Crippen molar-refractivity contribution in [1.29, 1.82) is 0 Å². The zero-order valence-electron chi connectivity index (χ0n) is 15.5. The van der Waals surface area contributed by atoms with Crippen molar-refractivity contribution in [3.63, 3.8) is 0 Å². The highest BCUT2D eigenvalue weighted by Crippen LogP contribution is 2.27. The highest BCUT2D eigenvalue weighted by atomic mass is 35.5. The van der Waals surface area contributed by atoms with Gasteiger partial charge in [0.15, 0.2) is 0 Å². The summed E-state index contributed by atoms with van der Waals surface area (Å²) in [5, 5.41) is 13.5. The lowest BCUT2D eigenvalue weighted by Crippen LogP contribution is -2.27. The van der Waals surface area contributed by atoms with Crippen LogP contribution in [0.4, 0.5) is 11.4 Å². The first-order valence-electron chi connectivity index (χ1n) is 9.10. The summed E-state index contributed by atoms with van der Waals surface area (Å²) in [6.45, 7) is 1.10. The average molecular weight is 438 g/mol. The summed E-state index contributed by atoms with van der Waals surface area (Å²) in [4.78, 5) is 22.7. The second kappa shape index (κ2) is 8.89. The molecule has 1 fully saturated rings. The van der Waals surface area contributed by atoms with Gasteiger partial charge in [-0.15, -0.1) is 0 Å². The van der Waals surface area contributed by atoms with Gasteiger partial charge in [0.1, 0.15) is 5.02 Å². The Labute approximate surface area is 173 Å². The van der Waals surface area contributed by atoms with E-state index in [2.05, 4.69) is 5.32 Å². The van der Waals surface area contributed by atoms with Crippen LogP contribution < -0.4 is 5.32 Å². The van der Waals surface area contributed by atoms with E-state index in [9.17, 15) is 23.3 Å². The lowest BCUT2D eigenvalue weighted by atomic mass is 10.1. The number of nitro groups is 1. The number of hydrogen-bond acceptors (Lipinski definition) is 5. The number of halogens is 1. The van der Waals surface area contributed by atoms with E-state index in [1.807, 2.05) is 0 Å². The molecule has 1 heterocycles. The summed E-state index contributed by atoms with van der Waals surface area (Å²) >= 11 is 5.76. The monoisotopic (exact) mass is 437 g/mol. The predicted molar refractivity (Wildman–Crippen MR) is 109 cm³/mol. The van der Waals surface area contributed by atoms with Crippen LogP contribution in [0, 0.1) is 10.1 Å². The second-order valence-electron chi connectivity index (χ2n) is 6.73. The molecular formula is C19H20ClN3O5S. The van der Waals surface area contributed by atoms with E-state index >= 15 is 0 Å². The van der Waals surface area contributed by atoms with Crippen LogP contribution in [0.15, 0.2) is 47.4 Å². The summed E-state index contributed by atoms with van der Waals surface area (Å²) in [5.41, 5.74) is 0.833. The summed E-state index contributed by atoms with van der Waals surface area (Å²) in [5.74, 6) is -0.310. The Bertz CT molecular complexity index is 1020. The topological polar surface area (TPSA) is 110 Å². The standard InChI is InChI=1S/C19H20ClN3O5S/c20-17-9-6-15(13-18(17)23(25)26)21-19(24)10-5-14-3-7-16(8-4-14)29(27,28)22-11-1-2-12-22/h3-4,6-9,13H,1-2,5,10-12H2,(H,21,24). The van der Waals surface area contributed by atoms with Gasteiger partial charge in [-0.3, -0.25) is 14.9 Å². The largest absolute Gasteiger partial charge is 0.326 e. The minimum absolute atomic E-state index is 0.00280. The van der Waals surface area contributed by atoms with Gasteiger partial charge in [-0.1, -0.05) is 23.7 Å². The number of rotatable bonds is 7. The van der Waals surface area contributed by atoms with E-state index < -0.39 is 14.9 Å². The maximum absolute atomic E-state index is 12.5. The molecule has 3 rings (SSSR count). The Balaban J connectivity index is 1.58. The molecule has 0 atom stereocenters. The molecule has 0 radical (unpaired) electrons. The van der Waals surface area contributed by atoms with E-state index in [1.54, 1.807) is 24.3 Å². The molecule has 1 aliphatic heterocycles. The van der Waals surface area contributed by atoms with Crippen molar-refractivity contribution >= 4 is 38.9 Å². The van der Waals surface area contributed by atoms with Gasteiger partial charge >= 0.3 is 0 Å². The molecule has 0 spiro atoms. The third-order valence-electron chi connectivity index (χ3n) is 4.69. The Morgan fingerprint density at radius 1 is 1.14 bits per heavy atom. The number of sulfonamides is 1. The van der Waals surface area contributed by atoms with E-state index in [4.69, 9.17) is 11.6 Å². The molecule has 1 saturated heterocycles. The highest BCUT2D eigenvalue weighted by molar-refractivity contribution is 7.89. The number of hydrogen-bond donors (Lipinski definition) is 1. The summed E-state index contributed by atoms with van der Waals surface area (Å²) in [6, 6.07) is 10.6. The molecule has 2 aromatic carbocycles. The molecule has 0 unspecified atom stereocenters. The minimum atomic E-state index is -3.45. The van der Waals surface area contributed by atoms with Crippen molar-refractivity contribution < 1.29 is 18.1 Å². The van der Waals surface area contributed by atoms with Crippen molar-refractivity contribution in [3.8, 4) is 0 Å². The Kier molecular flexibility index (Phi) is 6.51. The summed E-state index contributed by atoms with van der Waals surface area (Å²) < 4.78 is 26.5. The summed E-state index contributed by atoms with van der Waals surface area (Å²) in [7, 11) is -3.45. The number of aryl methyl sites for hydroxylation is 1. The number of carbonyl (C=O) groups excluding carboxylic acids is 1. The Morgan fingerprint density at radius 3 is 2.41 bits per heavy atom. The number of carbonyl (C=O) groups is 1. The molecule has 1 aliphatic rings. The van der Waals surface area contributed by atoms with Crippen LogP contribution in [0.1, 0.15) is 24.8 Å². The van der Waals surface area contributed by atoms with Gasteiger partial charge in [0.2, 0.25) is 15.9 Å². The van der Waals surface area contributed by atoms with Crippen molar-refractivity contribution in [2.45, 2.75) is 30.6 Å². The Hall–Kier alpha value is -2.49. The van der Waals surface area contributed by atoms with Gasteiger partial charge in [-0.05, 0) is 49.1 Å². The SMILES string of the molecule is O=C(CCc1ccc(S(=O)(=O)N2CCCC2)cc1)Nc1ccc(Cl)c([N+](=O)[O-])c1. The molecule has 0 bridgehead atoms. The molecule has 2 aromatic rings. The van der Waals surface area contributed by atoms with Gasteiger partial charge in [0.25, 0.3) is 5.69 Å². The first-order valence-corrected chi connectivity index (χ1v) is 10.9. The van der Waals surface area contributed by atoms with Crippen molar-refractivity contribution in [2.24, 2.45) is 0 Å². The number of amides is 1. The molecule has 29 heavy (non-hydrogen) atoms. The smallest absolute Gasteiger partial charge is 0.289 e. The van der Waals surface area contributed by atoms with Crippen LogP contribution in [-0.4, -0.2) is 36.6 Å². The molecule has 1 N–H and O–H groups in total. The van der Waals surface area contributed by atoms with E-state index in [0.29, 0.717) is 19.5 Å². The summed E-state index contributed by atoms with van der Waals surface area (Å²) in [6.07, 6.45) is 2.31. The minimum Gasteiger partial charge on any atom is -0.326 e. The zero-order chi connectivity index (χ0) is 21.0. The van der Waals surface area contributed by atoms with Crippen molar-refractivity contribution in [3.05, 3.63) is 63.2 Å². The number of nitrogens with zero attached hydrogens (tertiary/aromatic N) is 2. The number of benzene rings is 2. The van der Waals surface area contributed by atoms with Crippen molar-refractivity contribution in [1.82, 2.24) is 4.31 Å². The van der Waals surface area contributed by atoms with Gasteiger partial charge < -0.3 is 5.32 Å².